The van der Waals surface area contributed by atoms with Gasteiger partial charge >= 0.3 is 0 Å². The average Bonchev–Trinajstić information content (AvgIpc) is 2.20. The van der Waals surface area contributed by atoms with E-state index in [0.29, 0.717) is 0 Å². The van der Waals surface area contributed by atoms with Gasteiger partial charge in [0.05, 0.1) is 5.69 Å². The van der Waals surface area contributed by atoms with Crippen LogP contribution in [0.15, 0.2) is 16.7 Å². The molecule has 0 radical (unpaired) electrons. The van der Waals surface area contributed by atoms with Gasteiger partial charge in [-0.05, 0) is 53.2 Å². The van der Waals surface area contributed by atoms with Crippen LogP contribution in [0.1, 0.15) is 37.4 Å². The number of aliphatic hydroxyl groups is 1. The zero-order valence-corrected chi connectivity index (χ0v) is 9.84. The summed E-state index contributed by atoms with van der Waals surface area (Å²) in [6.45, 7) is 2.01. The second-order valence-electron chi connectivity index (χ2n) is 3.88. The van der Waals surface area contributed by atoms with Crippen LogP contribution in [0.4, 0.5) is 0 Å². The minimum atomic E-state index is -0.697. The van der Waals surface area contributed by atoms with Gasteiger partial charge < -0.3 is 5.11 Å². The lowest BCUT2D eigenvalue weighted by molar-refractivity contribution is 0.0101. The van der Waals surface area contributed by atoms with Crippen LogP contribution in [0.2, 0.25) is 0 Å². The van der Waals surface area contributed by atoms with Crippen LogP contribution in [0, 0.1) is 0 Å². The van der Waals surface area contributed by atoms with E-state index in [2.05, 4.69) is 27.0 Å². The van der Waals surface area contributed by atoms with Crippen molar-refractivity contribution < 1.29 is 5.11 Å². The highest BCUT2D eigenvalue weighted by Gasteiger charge is 2.34. The largest absolute Gasteiger partial charge is 0.384 e. The number of fused-ring (bicyclic) bond motifs is 1. The van der Waals surface area contributed by atoms with Crippen LogP contribution < -0.4 is 0 Å². The number of hydrogen-bond donors (Lipinski definition) is 1. The van der Waals surface area contributed by atoms with Crippen molar-refractivity contribution in [2.75, 3.05) is 0 Å². The molecule has 0 amide bonds. The van der Waals surface area contributed by atoms with Crippen LogP contribution in [0.3, 0.4) is 0 Å². The monoisotopic (exact) mass is 255 g/mol. The van der Waals surface area contributed by atoms with Crippen molar-refractivity contribution in [2.24, 2.45) is 0 Å². The Morgan fingerprint density at radius 3 is 3.07 bits per heavy atom. The fourth-order valence-corrected chi connectivity index (χ4v) is 2.41. The molecule has 2 rings (SSSR count). The summed E-state index contributed by atoms with van der Waals surface area (Å²) in [6, 6.07) is 4.01. The predicted molar refractivity (Wildman–Crippen MR) is 59.1 cm³/mol. The van der Waals surface area contributed by atoms with E-state index < -0.39 is 5.60 Å². The Bertz CT molecular complexity index is 353. The molecule has 1 aliphatic carbocycles. The Morgan fingerprint density at radius 2 is 2.36 bits per heavy atom. The molecule has 0 saturated heterocycles. The molecule has 14 heavy (non-hydrogen) atoms. The summed E-state index contributed by atoms with van der Waals surface area (Å²) in [5, 5.41) is 10.4. The number of nitrogens with zero attached hydrogens (tertiary/aromatic N) is 1. The van der Waals surface area contributed by atoms with Crippen LogP contribution in [-0.4, -0.2) is 10.1 Å². The topological polar surface area (TPSA) is 33.1 Å². The van der Waals surface area contributed by atoms with Gasteiger partial charge in [0.25, 0.3) is 0 Å². The highest BCUT2D eigenvalue weighted by Crippen LogP contribution is 2.36. The summed E-state index contributed by atoms with van der Waals surface area (Å²) < 4.78 is 0.810. The maximum absolute atomic E-state index is 10.4. The zero-order chi connectivity index (χ0) is 10.2. The smallest absolute Gasteiger partial charge is 0.107 e. The lowest BCUT2D eigenvalue weighted by Gasteiger charge is -2.32. The lowest BCUT2D eigenvalue weighted by atomic mass is 9.81. The molecule has 1 atom stereocenters. The molecule has 3 heteroatoms. The Labute approximate surface area is 92.5 Å². The summed E-state index contributed by atoms with van der Waals surface area (Å²) in [7, 11) is 0. The minimum absolute atomic E-state index is 0.697. The number of hydrogen-bond acceptors (Lipinski definition) is 2. The zero-order valence-electron chi connectivity index (χ0n) is 8.26. The van der Waals surface area contributed by atoms with E-state index in [1.54, 1.807) is 0 Å². The van der Waals surface area contributed by atoms with Crippen LogP contribution in [0.5, 0.6) is 0 Å². The van der Waals surface area contributed by atoms with Crippen LogP contribution in [0.25, 0.3) is 0 Å². The molecule has 2 nitrogen and oxygen atoms in total. The van der Waals surface area contributed by atoms with E-state index in [-0.39, 0.29) is 0 Å². The number of halogens is 1. The molecule has 0 saturated carbocycles. The molecule has 0 aromatic carbocycles. The van der Waals surface area contributed by atoms with Gasteiger partial charge in [-0.15, -0.1) is 0 Å². The van der Waals surface area contributed by atoms with Crippen molar-refractivity contribution in [3.8, 4) is 0 Å². The highest BCUT2D eigenvalue weighted by atomic mass is 79.9. The maximum Gasteiger partial charge on any atom is 0.107 e. The summed E-state index contributed by atoms with van der Waals surface area (Å²) >= 11 is 3.35. The number of aryl methyl sites for hydroxylation is 1. The molecule has 76 valence electrons. The average molecular weight is 256 g/mol. The van der Waals surface area contributed by atoms with Gasteiger partial charge in [0, 0.05) is 0 Å². The number of aromatic nitrogens is 1. The molecular formula is C11H14BrNO. The first-order valence-electron chi connectivity index (χ1n) is 5.04. The molecule has 1 aromatic rings. The second-order valence-corrected chi connectivity index (χ2v) is 4.69. The Morgan fingerprint density at radius 1 is 1.57 bits per heavy atom. The molecule has 0 aliphatic heterocycles. The molecule has 0 bridgehead atoms. The summed E-state index contributed by atoms with van der Waals surface area (Å²) in [6.07, 6.45) is 3.67. The Balaban J connectivity index is 2.52. The highest BCUT2D eigenvalue weighted by molar-refractivity contribution is 9.10. The van der Waals surface area contributed by atoms with E-state index in [9.17, 15) is 5.11 Å². The molecule has 0 fully saturated rings. The third kappa shape index (κ3) is 1.59. The second kappa shape index (κ2) is 3.63. The van der Waals surface area contributed by atoms with E-state index in [4.69, 9.17) is 0 Å². The Kier molecular flexibility index (Phi) is 2.62. The SMILES string of the molecule is CC[C@@]1(O)CCCc2ccc(Br)nc21. The molecule has 0 unspecified atom stereocenters. The first kappa shape index (κ1) is 10.1. The molecule has 1 aromatic heterocycles. The lowest BCUT2D eigenvalue weighted by Crippen LogP contribution is -2.31. The van der Waals surface area contributed by atoms with Crippen molar-refractivity contribution >= 4 is 15.9 Å². The summed E-state index contributed by atoms with van der Waals surface area (Å²) in [5.74, 6) is 0. The quantitative estimate of drug-likeness (QED) is 0.784. The number of rotatable bonds is 1. The first-order valence-corrected chi connectivity index (χ1v) is 5.83. The van der Waals surface area contributed by atoms with Gasteiger partial charge in [0.15, 0.2) is 0 Å². The van der Waals surface area contributed by atoms with Gasteiger partial charge in [-0.1, -0.05) is 13.0 Å². The summed E-state index contributed by atoms with van der Waals surface area (Å²) in [4.78, 5) is 4.40. The van der Waals surface area contributed by atoms with E-state index in [0.717, 1.165) is 36.0 Å². The molecule has 0 spiro atoms. The standard InChI is InChI=1S/C11H14BrNO/c1-2-11(14)7-3-4-8-5-6-9(12)13-10(8)11/h5-6,14H,2-4,7H2,1H3/t11-/m1/s1. The van der Waals surface area contributed by atoms with Crippen molar-refractivity contribution in [1.82, 2.24) is 4.98 Å². The maximum atomic E-state index is 10.4. The normalized spacial score (nSPS) is 25.9. The number of pyridine rings is 1. The molecular weight excluding hydrogens is 242 g/mol. The molecule has 1 heterocycles. The van der Waals surface area contributed by atoms with Crippen molar-refractivity contribution in [1.29, 1.82) is 0 Å². The van der Waals surface area contributed by atoms with Gasteiger partial charge in [0.2, 0.25) is 0 Å². The first-order chi connectivity index (χ1) is 6.65. The van der Waals surface area contributed by atoms with E-state index in [1.165, 1.54) is 5.56 Å². The third-order valence-corrected chi connectivity index (χ3v) is 3.45. The van der Waals surface area contributed by atoms with Gasteiger partial charge in [-0.25, -0.2) is 4.98 Å². The van der Waals surface area contributed by atoms with Crippen molar-refractivity contribution in [3.63, 3.8) is 0 Å². The van der Waals surface area contributed by atoms with Crippen LogP contribution in [-0.2, 0) is 12.0 Å². The Hall–Kier alpha value is -0.410. The minimum Gasteiger partial charge on any atom is -0.384 e. The molecule has 1 N–H and O–H groups in total. The molecule has 1 aliphatic rings. The van der Waals surface area contributed by atoms with Crippen LogP contribution >= 0.6 is 15.9 Å². The fourth-order valence-electron chi connectivity index (χ4n) is 2.10. The predicted octanol–water partition coefficient (Wildman–Crippen LogP) is 2.78. The van der Waals surface area contributed by atoms with Gasteiger partial charge in [-0.2, -0.15) is 0 Å². The van der Waals surface area contributed by atoms with E-state index in [1.807, 2.05) is 13.0 Å². The van der Waals surface area contributed by atoms with Gasteiger partial charge in [-0.3, -0.25) is 0 Å². The van der Waals surface area contributed by atoms with Crippen molar-refractivity contribution in [2.45, 2.75) is 38.2 Å². The fraction of sp³-hybridized carbons (Fsp3) is 0.545. The van der Waals surface area contributed by atoms with Crippen molar-refractivity contribution in [3.05, 3.63) is 28.0 Å². The summed E-state index contributed by atoms with van der Waals surface area (Å²) in [5.41, 5.74) is 1.38. The van der Waals surface area contributed by atoms with E-state index >= 15 is 0 Å². The van der Waals surface area contributed by atoms with Gasteiger partial charge in [0.1, 0.15) is 10.2 Å². The third-order valence-electron chi connectivity index (χ3n) is 3.01.